The van der Waals surface area contributed by atoms with E-state index in [9.17, 15) is 4.39 Å². The van der Waals surface area contributed by atoms with Crippen LogP contribution >= 0.6 is 0 Å². The van der Waals surface area contributed by atoms with Crippen LogP contribution in [0.4, 0.5) is 4.39 Å². The van der Waals surface area contributed by atoms with Crippen molar-refractivity contribution in [3.05, 3.63) is 34.8 Å². The van der Waals surface area contributed by atoms with Crippen molar-refractivity contribution in [2.45, 2.75) is 46.1 Å². The van der Waals surface area contributed by atoms with Crippen LogP contribution in [0.1, 0.15) is 49.5 Å². The lowest BCUT2D eigenvalue weighted by Crippen LogP contribution is -2.19. The first-order chi connectivity index (χ1) is 9.58. The van der Waals surface area contributed by atoms with Crippen LogP contribution in [0.3, 0.4) is 0 Å². The SMILES string of the molecule is Cc1ccc2c(C3CC3)c(CNCC(C)C)oc2c1F. The number of hydrogen-bond donors (Lipinski definition) is 1. The molecular weight excluding hydrogens is 253 g/mol. The number of furan rings is 1. The fourth-order valence-corrected chi connectivity index (χ4v) is 2.72. The van der Waals surface area contributed by atoms with Gasteiger partial charge >= 0.3 is 0 Å². The van der Waals surface area contributed by atoms with Gasteiger partial charge in [0.05, 0.1) is 6.54 Å². The van der Waals surface area contributed by atoms with Gasteiger partial charge in [-0.15, -0.1) is 0 Å². The summed E-state index contributed by atoms with van der Waals surface area (Å²) in [7, 11) is 0. The molecule has 0 saturated heterocycles. The molecule has 1 aromatic heterocycles. The minimum absolute atomic E-state index is 0.209. The quantitative estimate of drug-likeness (QED) is 0.869. The van der Waals surface area contributed by atoms with Crippen LogP contribution in [0.5, 0.6) is 0 Å². The summed E-state index contributed by atoms with van der Waals surface area (Å²) in [5.41, 5.74) is 2.32. The standard InChI is InChI=1S/C17H22FNO/c1-10(2)8-19-9-14-15(12-5-6-12)13-7-4-11(3)16(18)17(13)20-14/h4,7,10,12,19H,5-6,8-9H2,1-3H3. The lowest BCUT2D eigenvalue weighted by Gasteiger charge is -2.06. The number of nitrogens with one attached hydrogen (secondary N) is 1. The van der Waals surface area contributed by atoms with Crippen molar-refractivity contribution in [2.75, 3.05) is 6.54 Å². The van der Waals surface area contributed by atoms with Gasteiger partial charge in [-0.25, -0.2) is 4.39 Å². The summed E-state index contributed by atoms with van der Waals surface area (Å²) in [6.45, 7) is 7.78. The van der Waals surface area contributed by atoms with Crippen LogP contribution in [-0.2, 0) is 6.54 Å². The normalized spacial score (nSPS) is 15.4. The third-order valence-corrected chi connectivity index (χ3v) is 3.93. The zero-order chi connectivity index (χ0) is 14.3. The Hall–Kier alpha value is -1.35. The van der Waals surface area contributed by atoms with Gasteiger partial charge in [-0.1, -0.05) is 26.0 Å². The molecule has 1 fully saturated rings. The number of aryl methyl sites for hydroxylation is 1. The fourth-order valence-electron chi connectivity index (χ4n) is 2.72. The van der Waals surface area contributed by atoms with Gasteiger partial charge in [0.15, 0.2) is 11.4 Å². The first kappa shape index (κ1) is 13.6. The summed E-state index contributed by atoms with van der Waals surface area (Å²) in [6.07, 6.45) is 2.39. The topological polar surface area (TPSA) is 25.2 Å². The Bertz CT molecular complexity index is 625. The predicted octanol–water partition coefficient (Wildman–Crippen LogP) is 4.50. The molecule has 1 aliphatic rings. The molecule has 1 N–H and O–H groups in total. The molecule has 3 heteroatoms. The van der Waals surface area contributed by atoms with Crippen LogP contribution in [0, 0.1) is 18.7 Å². The van der Waals surface area contributed by atoms with E-state index in [4.69, 9.17) is 4.42 Å². The molecule has 1 aromatic carbocycles. The predicted molar refractivity (Wildman–Crippen MR) is 79.4 cm³/mol. The van der Waals surface area contributed by atoms with Gasteiger partial charge in [-0.3, -0.25) is 0 Å². The summed E-state index contributed by atoms with van der Waals surface area (Å²) < 4.78 is 20.1. The van der Waals surface area contributed by atoms with Gasteiger partial charge in [-0.2, -0.15) is 0 Å². The minimum Gasteiger partial charge on any atom is -0.456 e. The van der Waals surface area contributed by atoms with Crippen LogP contribution in [0.15, 0.2) is 16.5 Å². The van der Waals surface area contributed by atoms with Gasteiger partial charge in [0.2, 0.25) is 0 Å². The average molecular weight is 275 g/mol. The molecular formula is C17H22FNO. The lowest BCUT2D eigenvalue weighted by atomic mass is 10.0. The molecule has 3 rings (SSSR count). The Kier molecular flexibility index (Phi) is 3.55. The van der Waals surface area contributed by atoms with E-state index in [-0.39, 0.29) is 5.82 Å². The van der Waals surface area contributed by atoms with Crippen molar-refractivity contribution in [1.82, 2.24) is 5.32 Å². The maximum atomic E-state index is 14.2. The molecule has 2 aromatic rings. The molecule has 0 unspecified atom stereocenters. The number of fused-ring (bicyclic) bond motifs is 1. The van der Waals surface area contributed by atoms with Crippen molar-refractivity contribution in [3.8, 4) is 0 Å². The number of benzene rings is 1. The third-order valence-electron chi connectivity index (χ3n) is 3.93. The number of halogens is 1. The van der Waals surface area contributed by atoms with Gasteiger partial charge in [-0.05, 0) is 43.7 Å². The fraction of sp³-hybridized carbons (Fsp3) is 0.529. The number of hydrogen-bond acceptors (Lipinski definition) is 2. The minimum atomic E-state index is -0.209. The molecule has 0 amide bonds. The first-order valence-corrected chi connectivity index (χ1v) is 7.49. The van der Waals surface area contributed by atoms with Crippen molar-refractivity contribution in [3.63, 3.8) is 0 Å². The van der Waals surface area contributed by atoms with Gasteiger partial charge in [0, 0.05) is 10.9 Å². The molecule has 1 saturated carbocycles. The average Bonchev–Trinajstić information content (AvgIpc) is 3.16. The van der Waals surface area contributed by atoms with E-state index < -0.39 is 0 Å². The Labute approximate surface area is 119 Å². The Morgan fingerprint density at radius 3 is 2.75 bits per heavy atom. The second-order valence-electron chi connectivity index (χ2n) is 6.31. The molecule has 0 bridgehead atoms. The Morgan fingerprint density at radius 1 is 1.35 bits per heavy atom. The number of rotatable bonds is 5. The first-order valence-electron chi connectivity index (χ1n) is 7.49. The molecule has 0 spiro atoms. The largest absolute Gasteiger partial charge is 0.456 e. The highest BCUT2D eigenvalue weighted by Crippen LogP contribution is 2.46. The van der Waals surface area contributed by atoms with Gasteiger partial charge in [0.25, 0.3) is 0 Å². The summed E-state index contributed by atoms with van der Waals surface area (Å²) in [4.78, 5) is 0. The molecule has 0 radical (unpaired) electrons. The van der Waals surface area contributed by atoms with Gasteiger partial charge in [0.1, 0.15) is 5.76 Å². The Morgan fingerprint density at radius 2 is 2.10 bits per heavy atom. The highest BCUT2D eigenvalue weighted by molar-refractivity contribution is 5.84. The van der Waals surface area contributed by atoms with Crippen LogP contribution in [-0.4, -0.2) is 6.54 Å². The molecule has 0 aliphatic heterocycles. The molecule has 1 heterocycles. The van der Waals surface area contributed by atoms with Crippen LogP contribution < -0.4 is 5.32 Å². The van der Waals surface area contributed by atoms with Crippen molar-refractivity contribution in [1.29, 1.82) is 0 Å². The molecule has 20 heavy (non-hydrogen) atoms. The highest BCUT2D eigenvalue weighted by atomic mass is 19.1. The zero-order valence-electron chi connectivity index (χ0n) is 12.4. The van der Waals surface area contributed by atoms with Gasteiger partial charge < -0.3 is 9.73 Å². The van der Waals surface area contributed by atoms with Crippen molar-refractivity contribution < 1.29 is 8.81 Å². The smallest absolute Gasteiger partial charge is 0.170 e. The van der Waals surface area contributed by atoms with Crippen LogP contribution in [0.2, 0.25) is 0 Å². The molecule has 108 valence electrons. The summed E-state index contributed by atoms with van der Waals surface area (Å²) >= 11 is 0. The summed E-state index contributed by atoms with van der Waals surface area (Å²) in [5.74, 6) is 1.88. The van der Waals surface area contributed by atoms with E-state index in [2.05, 4.69) is 19.2 Å². The maximum Gasteiger partial charge on any atom is 0.170 e. The lowest BCUT2D eigenvalue weighted by molar-refractivity contribution is 0.470. The molecule has 2 nitrogen and oxygen atoms in total. The van der Waals surface area contributed by atoms with Crippen molar-refractivity contribution in [2.24, 2.45) is 5.92 Å². The van der Waals surface area contributed by atoms with E-state index in [0.29, 0.717) is 29.5 Å². The Balaban J connectivity index is 1.98. The van der Waals surface area contributed by atoms with E-state index >= 15 is 0 Å². The summed E-state index contributed by atoms with van der Waals surface area (Å²) in [5, 5.41) is 4.37. The van der Waals surface area contributed by atoms with E-state index in [1.165, 1.54) is 18.4 Å². The monoisotopic (exact) mass is 275 g/mol. The van der Waals surface area contributed by atoms with E-state index in [1.54, 1.807) is 6.92 Å². The van der Waals surface area contributed by atoms with E-state index in [1.807, 2.05) is 12.1 Å². The maximum absolute atomic E-state index is 14.2. The summed E-state index contributed by atoms with van der Waals surface area (Å²) in [6, 6.07) is 3.86. The second kappa shape index (κ2) is 5.21. The zero-order valence-corrected chi connectivity index (χ0v) is 12.4. The third kappa shape index (κ3) is 2.47. The van der Waals surface area contributed by atoms with Crippen molar-refractivity contribution >= 4 is 11.0 Å². The van der Waals surface area contributed by atoms with E-state index in [0.717, 1.165) is 17.7 Å². The van der Waals surface area contributed by atoms with Crippen LogP contribution in [0.25, 0.3) is 11.0 Å². The molecule has 1 aliphatic carbocycles. The molecule has 0 atom stereocenters. The second-order valence-corrected chi connectivity index (χ2v) is 6.31. The highest BCUT2D eigenvalue weighted by Gasteiger charge is 2.31.